The highest BCUT2D eigenvalue weighted by molar-refractivity contribution is 4.68. The van der Waals surface area contributed by atoms with Crippen molar-refractivity contribution in [3.05, 3.63) is 0 Å². The first-order valence-corrected chi connectivity index (χ1v) is 6.59. The van der Waals surface area contributed by atoms with Gasteiger partial charge >= 0.3 is 0 Å². The van der Waals surface area contributed by atoms with Gasteiger partial charge in [-0.2, -0.15) is 0 Å². The van der Waals surface area contributed by atoms with Crippen molar-refractivity contribution in [1.82, 2.24) is 9.80 Å². The Morgan fingerprint density at radius 1 is 0.933 bits per heavy atom. The fraction of sp³-hybridized carbons (Fsp3) is 1.00. The lowest BCUT2D eigenvalue weighted by Crippen LogP contribution is -2.44. The molecule has 0 unspecified atom stereocenters. The van der Waals surface area contributed by atoms with E-state index in [2.05, 4.69) is 30.7 Å². The molecule has 0 atom stereocenters. The molecule has 90 valence electrons. The topological polar surface area (TPSA) is 6.48 Å². The summed E-state index contributed by atoms with van der Waals surface area (Å²) < 4.78 is 0. The Kier molecular flexibility index (Phi) is 6.26. The van der Waals surface area contributed by atoms with Crippen molar-refractivity contribution in [3.8, 4) is 0 Å². The molecular weight excluding hydrogens is 184 g/mol. The Hall–Kier alpha value is -0.0800. The molecule has 0 aliphatic carbocycles. The second-order valence-electron chi connectivity index (χ2n) is 5.39. The Balaban J connectivity index is 1.91. The summed E-state index contributed by atoms with van der Waals surface area (Å²) in [6.45, 7) is 11.0. The molecule has 1 aliphatic heterocycles. The standard InChI is InChI=1S/C13H28N2/c1-13(2)7-5-4-6-8-15-11-9-14(3)10-12-15/h13H,4-12H2,1-3H3. The summed E-state index contributed by atoms with van der Waals surface area (Å²) in [7, 11) is 2.22. The predicted molar refractivity (Wildman–Crippen MR) is 67.2 cm³/mol. The lowest BCUT2D eigenvalue weighted by atomic mass is 10.1. The molecule has 0 aromatic heterocycles. The minimum atomic E-state index is 0.883. The lowest BCUT2D eigenvalue weighted by molar-refractivity contribution is 0.152. The Bertz CT molecular complexity index is 149. The molecule has 0 amide bonds. The smallest absolute Gasteiger partial charge is 0.0110 e. The SMILES string of the molecule is CC(C)CCCCCN1CCN(C)CC1. The van der Waals surface area contributed by atoms with Crippen LogP contribution in [0.25, 0.3) is 0 Å². The molecule has 2 nitrogen and oxygen atoms in total. The zero-order valence-corrected chi connectivity index (χ0v) is 10.8. The maximum Gasteiger partial charge on any atom is 0.0110 e. The van der Waals surface area contributed by atoms with Crippen molar-refractivity contribution in [3.63, 3.8) is 0 Å². The van der Waals surface area contributed by atoms with Crippen LogP contribution in [0.15, 0.2) is 0 Å². The predicted octanol–water partition coefficient (Wildman–Crippen LogP) is 2.45. The third kappa shape index (κ3) is 6.16. The van der Waals surface area contributed by atoms with E-state index in [9.17, 15) is 0 Å². The molecule has 0 radical (unpaired) electrons. The van der Waals surface area contributed by atoms with Gasteiger partial charge in [-0.05, 0) is 25.9 Å². The van der Waals surface area contributed by atoms with Gasteiger partial charge in [0.1, 0.15) is 0 Å². The molecule has 15 heavy (non-hydrogen) atoms. The van der Waals surface area contributed by atoms with Crippen LogP contribution in [-0.2, 0) is 0 Å². The van der Waals surface area contributed by atoms with E-state index in [1.807, 2.05) is 0 Å². The van der Waals surface area contributed by atoms with Crippen LogP contribution in [0.2, 0.25) is 0 Å². The first-order chi connectivity index (χ1) is 7.18. The van der Waals surface area contributed by atoms with E-state index in [1.54, 1.807) is 0 Å². The van der Waals surface area contributed by atoms with Crippen LogP contribution >= 0.6 is 0 Å². The highest BCUT2D eigenvalue weighted by Gasteiger charge is 2.12. The third-order valence-corrected chi connectivity index (χ3v) is 3.35. The van der Waals surface area contributed by atoms with Gasteiger partial charge in [-0.1, -0.05) is 33.1 Å². The number of piperazine rings is 1. The average Bonchev–Trinajstić information content (AvgIpc) is 2.20. The minimum absolute atomic E-state index is 0.883. The van der Waals surface area contributed by atoms with Crippen LogP contribution in [0.3, 0.4) is 0 Å². The van der Waals surface area contributed by atoms with E-state index in [1.165, 1.54) is 58.4 Å². The lowest BCUT2D eigenvalue weighted by Gasteiger charge is -2.32. The van der Waals surface area contributed by atoms with Crippen LogP contribution in [0.4, 0.5) is 0 Å². The second kappa shape index (κ2) is 7.24. The third-order valence-electron chi connectivity index (χ3n) is 3.35. The Morgan fingerprint density at radius 3 is 2.20 bits per heavy atom. The average molecular weight is 212 g/mol. The summed E-state index contributed by atoms with van der Waals surface area (Å²) in [5.74, 6) is 0.883. The Labute approximate surface area is 95.6 Å². The fourth-order valence-electron chi connectivity index (χ4n) is 2.14. The number of unbranched alkanes of at least 4 members (excludes halogenated alkanes) is 2. The molecule has 1 fully saturated rings. The van der Waals surface area contributed by atoms with E-state index >= 15 is 0 Å². The van der Waals surface area contributed by atoms with Gasteiger partial charge in [-0.15, -0.1) is 0 Å². The normalized spacial score (nSPS) is 20.0. The van der Waals surface area contributed by atoms with E-state index < -0.39 is 0 Å². The monoisotopic (exact) mass is 212 g/mol. The van der Waals surface area contributed by atoms with Crippen LogP contribution in [0.5, 0.6) is 0 Å². The number of nitrogens with zero attached hydrogens (tertiary/aromatic N) is 2. The largest absolute Gasteiger partial charge is 0.304 e. The van der Waals surface area contributed by atoms with Gasteiger partial charge in [-0.3, -0.25) is 0 Å². The summed E-state index contributed by atoms with van der Waals surface area (Å²) in [6, 6.07) is 0. The molecule has 1 rings (SSSR count). The summed E-state index contributed by atoms with van der Waals surface area (Å²) in [5.41, 5.74) is 0. The molecule has 0 aromatic carbocycles. The number of hydrogen-bond donors (Lipinski definition) is 0. The van der Waals surface area contributed by atoms with Gasteiger partial charge in [0.25, 0.3) is 0 Å². The molecule has 1 saturated heterocycles. The van der Waals surface area contributed by atoms with Gasteiger partial charge in [0.15, 0.2) is 0 Å². The van der Waals surface area contributed by atoms with Crippen molar-refractivity contribution < 1.29 is 0 Å². The van der Waals surface area contributed by atoms with Gasteiger partial charge in [-0.25, -0.2) is 0 Å². The van der Waals surface area contributed by atoms with Crippen LogP contribution in [-0.4, -0.2) is 49.6 Å². The van der Waals surface area contributed by atoms with Gasteiger partial charge in [0.05, 0.1) is 0 Å². The summed E-state index contributed by atoms with van der Waals surface area (Å²) >= 11 is 0. The molecular formula is C13H28N2. The van der Waals surface area contributed by atoms with Crippen LogP contribution in [0, 0.1) is 5.92 Å². The van der Waals surface area contributed by atoms with Gasteiger partial charge < -0.3 is 9.80 Å². The highest BCUT2D eigenvalue weighted by atomic mass is 15.2. The first kappa shape index (κ1) is 13.0. The van der Waals surface area contributed by atoms with E-state index in [-0.39, 0.29) is 0 Å². The zero-order valence-electron chi connectivity index (χ0n) is 10.8. The maximum atomic E-state index is 2.62. The highest BCUT2D eigenvalue weighted by Crippen LogP contribution is 2.09. The van der Waals surface area contributed by atoms with Crippen molar-refractivity contribution in [2.45, 2.75) is 39.5 Å². The quantitative estimate of drug-likeness (QED) is 0.624. The van der Waals surface area contributed by atoms with Crippen molar-refractivity contribution >= 4 is 0 Å². The molecule has 1 aliphatic rings. The van der Waals surface area contributed by atoms with Gasteiger partial charge in [0.2, 0.25) is 0 Å². The maximum absolute atomic E-state index is 2.62. The molecule has 0 aromatic rings. The molecule has 2 heteroatoms. The number of rotatable bonds is 6. The van der Waals surface area contributed by atoms with E-state index in [0.717, 1.165) is 5.92 Å². The van der Waals surface area contributed by atoms with Crippen LogP contribution < -0.4 is 0 Å². The zero-order chi connectivity index (χ0) is 11.1. The molecule has 0 bridgehead atoms. The van der Waals surface area contributed by atoms with Gasteiger partial charge in [0, 0.05) is 26.2 Å². The van der Waals surface area contributed by atoms with E-state index in [4.69, 9.17) is 0 Å². The summed E-state index contributed by atoms with van der Waals surface area (Å²) in [5, 5.41) is 0. The van der Waals surface area contributed by atoms with Crippen molar-refractivity contribution in [1.29, 1.82) is 0 Å². The number of hydrogen-bond acceptors (Lipinski definition) is 2. The Morgan fingerprint density at radius 2 is 1.60 bits per heavy atom. The molecule has 0 saturated carbocycles. The van der Waals surface area contributed by atoms with Crippen molar-refractivity contribution in [2.75, 3.05) is 39.8 Å². The molecule has 0 spiro atoms. The number of likely N-dealkylation sites (N-methyl/N-ethyl adjacent to an activating group) is 1. The molecule has 0 N–H and O–H groups in total. The minimum Gasteiger partial charge on any atom is -0.304 e. The summed E-state index contributed by atoms with van der Waals surface area (Å²) in [4.78, 5) is 5.05. The van der Waals surface area contributed by atoms with Crippen LogP contribution in [0.1, 0.15) is 39.5 Å². The second-order valence-corrected chi connectivity index (χ2v) is 5.39. The first-order valence-electron chi connectivity index (χ1n) is 6.59. The summed E-state index contributed by atoms with van der Waals surface area (Å²) in [6.07, 6.45) is 5.65. The molecule has 1 heterocycles. The fourth-order valence-corrected chi connectivity index (χ4v) is 2.14. The van der Waals surface area contributed by atoms with E-state index in [0.29, 0.717) is 0 Å². The van der Waals surface area contributed by atoms with Crippen molar-refractivity contribution in [2.24, 2.45) is 5.92 Å².